The summed E-state index contributed by atoms with van der Waals surface area (Å²) < 4.78 is 38.6. The second kappa shape index (κ2) is 6.81. The summed E-state index contributed by atoms with van der Waals surface area (Å²) in [7, 11) is 0. The molecule has 1 N–H and O–H groups in total. The van der Waals surface area contributed by atoms with Gasteiger partial charge in [-0.25, -0.2) is 0 Å². The molecule has 0 atom stereocenters. The molecule has 21 heavy (non-hydrogen) atoms. The molecule has 0 unspecified atom stereocenters. The van der Waals surface area contributed by atoms with Gasteiger partial charge < -0.3 is 5.32 Å². The Kier molecular flexibility index (Phi) is 5.30. The molecule has 2 rings (SSSR count). The molecule has 0 fully saturated rings. The van der Waals surface area contributed by atoms with Crippen LogP contribution in [0.15, 0.2) is 30.3 Å². The number of hydrogen-bond donors (Lipinski definition) is 1. The van der Waals surface area contributed by atoms with Crippen molar-refractivity contribution < 1.29 is 13.2 Å². The molecular weight excluding hydrogens is 319 g/mol. The van der Waals surface area contributed by atoms with Gasteiger partial charge in [-0.05, 0) is 42.8 Å². The van der Waals surface area contributed by atoms with E-state index in [0.717, 1.165) is 35.3 Å². The van der Waals surface area contributed by atoms with E-state index in [1.807, 2.05) is 12.1 Å². The predicted molar refractivity (Wildman–Crippen MR) is 81.8 cm³/mol. The molecule has 1 aromatic heterocycles. The van der Waals surface area contributed by atoms with Gasteiger partial charge in [0.1, 0.15) is 0 Å². The molecule has 114 valence electrons. The normalized spacial score (nSPS) is 11.9. The molecular formula is C15H15ClF3NS. The Bertz CT molecular complexity index is 607. The molecule has 0 bridgehead atoms. The minimum absolute atomic E-state index is 0.271. The highest BCUT2D eigenvalue weighted by atomic mass is 35.5. The highest BCUT2D eigenvalue weighted by Gasteiger charge is 2.33. The van der Waals surface area contributed by atoms with Crippen molar-refractivity contribution in [3.8, 4) is 10.4 Å². The SMILES string of the molecule is CCCNCc1ccc(-c2ccc(Cl)c(C(F)(F)F)c2)s1. The lowest BCUT2D eigenvalue weighted by Gasteiger charge is -2.10. The Hall–Kier alpha value is -1.04. The Morgan fingerprint density at radius 2 is 1.95 bits per heavy atom. The molecule has 0 amide bonds. The maximum absolute atomic E-state index is 12.9. The summed E-state index contributed by atoms with van der Waals surface area (Å²) in [4.78, 5) is 1.91. The average Bonchev–Trinajstić information content (AvgIpc) is 2.87. The molecule has 0 aliphatic rings. The van der Waals surface area contributed by atoms with Gasteiger partial charge >= 0.3 is 6.18 Å². The molecule has 1 aromatic carbocycles. The molecule has 0 aliphatic carbocycles. The van der Waals surface area contributed by atoms with Crippen molar-refractivity contribution in [3.05, 3.63) is 45.8 Å². The lowest BCUT2D eigenvalue weighted by molar-refractivity contribution is -0.137. The first kappa shape index (κ1) is 16.3. The lowest BCUT2D eigenvalue weighted by atomic mass is 10.1. The van der Waals surface area contributed by atoms with Gasteiger partial charge in [0.05, 0.1) is 10.6 Å². The lowest BCUT2D eigenvalue weighted by Crippen LogP contribution is -2.12. The summed E-state index contributed by atoms with van der Waals surface area (Å²) >= 11 is 7.12. The zero-order valence-electron chi connectivity index (χ0n) is 11.4. The number of rotatable bonds is 5. The van der Waals surface area contributed by atoms with Gasteiger partial charge in [-0.1, -0.05) is 24.6 Å². The van der Waals surface area contributed by atoms with Crippen LogP contribution in [0.25, 0.3) is 10.4 Å². The van der Waals surface area contributed by atoms with Crippen LogP contribution in [-0.2, 0) is 12.7 Å². The largest absolute Gasteiger partial charge is 0.417 e. The van der Waals surface area contributed by atoms with Crippen LogP contribution in [0, 0.1) is 0 Å². The van der Waals surface area contributed by atoms with Crippen LogP contribution in [0.3, 0.4) is 0 Å². The predicted octanol–water partition coefficient (Wildman–Crippen LogP) is 5.59. The smallest absolute Gasteiger partial charge is 0.312 e. The first-order valence-corrected chi connectivity index (χ1v) is 7.78. The quantitative estimate of drug-likeness (QED) is 0.703. The van der Waals surface area contributed by atoms with Crippen molar-refractivity contribution >= 4 is 22.9 Å². The molecule has 0 radical (unpaired) electrons. The number of hydrogen-bond acceptors (Lipinski definition) is 2. The zero-order valence-corrected chi connectivity index (χ0v) is 13.0. The van der Waals surface area contributed by atoms with E-state index in [4.69, 9.17) is 11.6 Å². The van der Waals surface area contributed by atoms with Crippen LogP contribution in [-0.4, -0.2) is 6.54 Å². The van der Waals surface area contributed by atoms with Crippen molar-refractivity contribution in [2.24, 2.45) is 0 Å². The van der Waals surface area contributed by atoms with Crippen molar-refractivity contribution in [2.75, 3.05) is 6.54 Å². The molecule has 1 nitrogen and oxygen atoms in total. The van der Waals surface area contributed by atoms with Gasteiger partial charge in [0.15, 0.2) is 0 Å². The minimum atomic E-state index is -4.43. The van der Waals surface area contributed by atoms with Crippen molar-refractivity contribution in [1.29, 1.82) is 0 Å². The van der Waals surface area contributed by atoms with E-state index in [2.05, 4.69) is 12.2 Å². The summed E-state index contributed by atoms with van der Waals surface area (Å²) in [6.07, 6.45) is -3.39. The average molecular weight is 334 g/mol. The first-order valence-electron chi connectivity index (χ1n) is 6.58. The summed E-state index contributed by atoms with van der Waals surface area (Å²) in [5.74, 6) is 0. The van der Waals surface area contributed by atoms with Gasteiger partial charge in [-0.2, -0.15) is 13.2 Å². The van der Waals surface area contributed by atoms with E-state index >= 15 is 0 Å². The van der Waals surface area contributed by atoms with Crippen LogP contribution in [0.1, 0.15) is 23.8 Å². The maximum atomic E-state index is 12.9. The summed E-state index contributed by atoms with van der Waals surface area (Å²) in [5.41, 5.74) is -0.251. The van der Waals surface area contributed by atoms with Gasteiger partial charge in [-0.15, -0.1) is 11.3 Å². The highest BCUT2D eigenvalue weighted by Crippen LogP contribution is 2.38. The van der Waals surface area contributed by atoms with Crippen LogP contribution >= 0.6 is 22.9 Å². The second-order valence-corrected chi connectivity index (χ2v) is 6.21. The van der Waals surface area contributed by atoms with Crippen LogP contribution in [0.5, 0.6) is 0 Å². The van der Waals surface area contributed by atoms with E-state index in [-0.39, 0.29) is 5.02 Å². The number of halogens is 4. The monoisotopic (exact) mass is 333 g/mol. The van der Waals surface area contributed by atoms with E-state index in [0.29, 0.717) is 5.56 Å². The molecule has 0 saturated carbocycles. The Balaban J connectivity index is 2.22. The number of thiophene rings is 1. The highest BCUT2D eigenvalue weighted by molar-refractivity contribution is 7.15. The minimum Gasteiger partial charge on any atom is -0.312 e. The number of nitrogens with one attached hydrogen (secondary N) is 1. The molecule has 1 heterocycles. The summed E-state index contributed by atoms with van der Waals surface area (Å²) in [5, 5.41) is 3.00. The third kappa shape index (κ3) is 4.22. The fourth-order valence-electron chi connectivity index (χ4n) is 1.91. The molecule has 0 saturated heterocycles. The van der Waals surface area contributed by atoms with E-state index in [1.54, 1.807) is 6.07 Å². The topological polar surface area (TPSA) is 12.0 Å². The molecule has 6 heteroatoms. The van der Waals surface area contributed by atoms with Gasteiger partial charge in [-0.3, -0.25) is 0 Å². The van der Waals surface area contributed by atoms with E-state index in [1.165, 1.54) is 17.4 Å². The first-order chi connectivity index (χ1) is 9.91. The van der Waals surface area contributed by atoms with Crippen molar-refractivity contribution in [3.63, 3.8) is 0 Å². The Labute approximate surface area is 130 Å². The summed E-state index contributed by atoms with van der Waals surface area (Å²) in [6.45, 7) is 3.74. The molecule has 0 aliphatic heterocycles. The fraction of sp³-hybridized carbons (Fsp3) is 0.333. The standard InChI is InChI=1S/C15H15ClF3NS/c1-2-7-20-9-11-4-6-14(21-11)10-3-5-13(16)12(8-10)15(17,18)19/h3-6,8,20H,2,7,9H2,1H3. The van der Waals surface area contributed by atoms with Crippen LogP contribution in [0.4, 0.5) is 13.2 Å². The van der Waals surface area contributed by atoms with Crippen molar-refractivity contribution in [2.45, 2.75) is 26.1 Å². The number of alkyl halides is 3. The van der Waals surface area contributed by atoms with Crippen LogP contribution < -0.4 is 5.32 Å². The van der Waals surface area contributed by atoms with E-state index in [9.17, 15) is 13.2 Å². The maximum Gasteiger partial charge on any atom is 0.417 e. The second-order valence-electron chi connectivity index (χ2n) is 4.64. The fourth-order valence-corrected chi connectivity index (χ4v) is 3.11. The molecule has 0 spiro atoms. The Morgan fingerprint density at radius 3 is 2.62 bits per heavy atom. The summed E-state index contributed by atoms with van der Waals surface area (Å²) in [6, 6.07) is 7.81. The van der Waals surface area contributed by atoms with Crippen LogP contribution in [0.2, 0.25) is 5.02 Å². The molecule has 2 aromatic rings. The van der Waals surface area contributed by atoms with Gasteiger partial charge in [0, 0.05) is 16.3 Å². The van der Waals surface area contributed by atoms with Gasteiger partial charge in [0.25, 0.3) is 0 Å². The van der Waals surface area contributed by atoms with E-state index < -0.39 is 11.7 Å². The zero-order chi connectivity index (χ0) is 15.5. The van der Waals surface area contributed by atoms with Crippen molar-refractivity contribution in [1.82, 2.24) is 5.32 Å². The third-order valence-corrected chi connectivity index (χ3v) is 4.41. The number of benzene rings is 1. The Morgan fingerprint density at radius 1 is 1.19 bits per heavy atom. The van der Waals surface area contributed by atoms with Gasteiger partial charge in [0.2, 0.25) is 0 Å². The third-order valence-electron chi connectivity index (χ3n) is 2.94.